The third-order valence-electron chi connectivity index (χ3n) is 0. The molecular weight excluding hydrogens is 602 g/mol. The van der Waals surface area contributed by atoms with E-state index in [9.17, 15) is 0 Å². The molecule has 0 spiro atoms. The van der Waals surface area contributed by atoms with Gasteiger partial charge in [0.25, 0.3) is 0 Å². The molecule has 51 valence electrons. The van der Waals surface area contributed by atoms with E-state index in [1.807, 2.05) is 0 Å². The number of hydrogen-bond acceptors (Lipinski definition) is 0. The summed E-state index contributed by atoms with van der Waals surface area (Å²) in [6, 6.07) is 0. The fourth-order valence-corrected chi connectivity index (χ4v) is 0. The summed E-state index contributed by atoms with van der Waals surface area (Å²) in [6.45, 7) is 0. The van der Waals surface area contributed by atoms with Gasteiger partial charge in [-0.25, -0.2) is 0 Å². The fourth-order valence-electron chi connectivity index (χ4n) is 0. The monoisotopic (exact) mass is 602 g/mol. The molecule has 0 aliphatic heterocycles. The molecule has 0 atom stereocenters. The molecule has 0 saturated heterocycles. The van der Waals surface area contributed by atoms with E-state index in [0.717, 1.165) is 0 Å². The first kappa shape index (κ1) is 88.8. The van der Waals surface area contributed by atoms with Gasteiger partial charge in [-0.3, -0.25) is 0 Å². The van der Waals surface area contributed by atoms with Gasteiger partial charge < -0.3 is 49.6 Å². The van der Waals surface area contributed by atoms with Crippen LogP contribution in [0.25, 0.3) is 0 Å². The van der Waals surface area contributed by atoms with Crippen molar-refractivity contribution >= 4 is 17.6 Å². The summed E-state index contributed by atoms with van der Waals surface area (Å²) in [6.07, 6.45) is 0. The van der Waals surface area contributed by atoms with Crippen molar-refractivity contribution in [2.24, 2.45) is 0 Å². The van der Waals surface area contributed by atoms with Gasteiger partial charge in [-0.15, -0.1) is 0 Å². The second-order valence-corrected chi connectivity index (χ2v) is 0. The van der Waals surface area contributed by atoms with Crippen LogP contribution in [0, 0.1) is 0 Å². The van der Waals surface area contributed by atoms with Crippen molar-refractivity contribution < 1.29 is 90.8 Å². The second-order valence-electron chi connectivity index (χ2n) is 0. The molecule has 0 nitrogen and oxygen atoms in total. The molecule has 0 aromatic rings. The van der Waals surface area contributed by atoms with E-state index in [0.29, 0.717) is 0 Å². The van der Waals surface area contributed by atoms with Crippen LogP contribution in [0.4, 0.5) is 0 Å². The fraction of sp³-hybridized carbons (Fsp3) is 0. The molecule has 0 bridgehead atoms. The third kappa shape index (κ3) is 48.5. The van der Waals surface area contributed by atoms with Crippen molar-refractivity contribution in [1.82, 2.24) is 0 Å². The maximum Gasteiger partial charge on any atom is 4.00 e. The summed E-state index contributed by atoms with van der Waals surface area (Å²) in [4.78, 5) is 0. The Hall–Kier alpha value is 3.04. The van der Waals surface area contributed by atoms with E-state index in [1.54, 1.807) is 0 Å². The van der Waals surface area contributed by atoms with Crippen LogP contribution >= 0.6 is 0 Å². The third-order valence-corrected chi connectivity index (χ3v) is 0. The summed E-state index contributed by atoms with van der Waals surface area (Å²) in [5, 5.41) is 0. The van der Waals surface area contributed by atoms with E-state index in [1.165, 1.54) is 0 Å². The molecule has 0 aromatic heterocycles. The Morgan fingerprint density at radius 2 is 0.571 bits per heavy atom. The average Bonchev–Trinajstić information content (AvgIpc) is 0. The Morgan fingerprint density at radius 1 is 0.571 bits per heavy atom. The van der Waals surface area contributed by atoms with E-state index in [2.05, 4.69) is 0 Å². The molecule has 7 heteroatoms. The Bertz CT molecular complexity index is 11.7. The van der Waals surface area contributed by atoms with Gasteiger partial charge in [0.1, 0.15) is 0 Å². The van der Waals surface area contributed by atoms with Gasteiger partial charge >= 0.3 is 17.6 Å². The predicted octanol–water partition coefficient (Wildman–Crippen LogP) is -12.4. The maximum atomic E-state index is 0. The van der Waals surface area contributed by atoms with Gasteiger partial charge in [0, 0.05) is 41.2 Å². The molecule has 0 amide bonds. The first-order chi connectivity index (χ1) is 0. The van der Waals surface area contributed by atoms with Crippen LogP contribution in [0.15, 0.2) is 0 Å². The minimum atomic E-state index is 0. The van der Waals surface area contributed by atoms with Gasteiger partial charge in [-0.2, -0.15) is 0 Å². The van der Waals surface area contributed by atoms with Gasteiger partial charge in [-0.1, -0.05) is 0 Å². The zero-order chi connectivity index (χ0) is 0. The molecule has 0 aliphatic carbocycles. The maximum absolute atomic E-state index is 0. The van der Waals surface area contributed by atoms with Crippen LogP contribution < -0.4 is 49.6 Å². The van der Waals surface area contributed by atoms with Gasteiger partial charge in [-0.05, 0) is 0 Å². The minimum absolute atomic E-state index is 0. The van der Waals surface area contributed by atoms with Gasteiger partial charge in [0.05, 0.1) is 0 Å². The first-order valence-corrected chi connectivity index (χ1v) is 0. The molecule has 0 fully saturated rings. The van der Waals surface area contributed by atoms with Crippen molar-refractivity contribution in [2.45, 2.75) is 0 Å². The average molecular weight is 602 g/mol. The molecule has 0 heterocycles. The van der Waals surface area contributed by atoms with Crippen LogP contribution in [0.5, 0.6) is 0 Å². The van der Waals surface area contributed by atoms with Crippen molar-refractivity contribution in [1.29, 1.82) is 0 Å². The van der Waals surface area contributed by atoms with Crippen molar-refractivity contribution in [2.75, 3.05) is 0 Å². The molecule has 0 rings (SSSR count). The summed E-state index contributed by atoms with van der Waals surface area (Å²) < 4.78 is 0. The summed E-state index contributed by atoms with van der Waals surface area (Å²) >= 11 is 0. The van der Waals surface area contributed by atoms with Crippen molar-refractivity contribution in [3.63, 3.8) is 0 Å². The van der Waals surface area contributed by atoms with Crippen LogP contribution in [-0.4, -0.2) is 17.6 Å². The van der Waals surface area contributed by atoms with Crippen LogP contribution in [0.3, 0.4) is 0 Å². The quantitative estimate of drug-likeness (QED) is 0.242. The Morgan fingerprint density at radius 3 is 0.571 bits per heavy atom. The van der Waals surface area contributed by atoms with Crippen molar-refractivity contribution in [3.05, 3.63) is 0 Å². The van der Waals surface area contributed by atoms with Crippen LogP contribution in [-0.2, 0) is 41.2 Å². The molecule has 0 aromatic carbocycles. The van der Waals surface area contributed by atoms with E-state index in [4.69, 9.17) is 0 Å². The summed E-state index contributed by atoms with van der Waals surface area (Å²) in [5.74, 6) is 0. The van der Waals surface area contributed by atoms with E-state index >= 15 is 0 Å². The zero-order valence-corrected chi connectivity index (χ0v) is 12.5. The van der Waals surface area contributed by atoms with Gasteiger partial charge in [0.15, 0.2) is 0 Å². The SMILES string of the molecule is [Cl-].[Cl-].[Cl-].[Cl-].[Ge+4].[Ir].[Pt]. The standard InChI is InChI=1S/4ClH.Ge.Ir.Pt/h4*1H;;;/q;;;;+4;;/p-4. The zero-order valence-electron chi connectivity index (χ0n) is 2.66. The Balaban J connectivity index is 0. The molecule has 1 radical (unpaired) electrons. The Labute approximate surface area is 107 Å². The topological polar surface area (TPSA) is 0 Å². The van der Waals surface area contributed by atoms with Crippen LogP contribution in [0.2, 0.25) is 0 Å². The van der Waals surface area contributed by atoms with E-state index in [-0.39, 0.29) is 108 Å². The van der Waals surface area contributed by atoms with Crippen LogP contribution in [0.1, 0.15) is 0 Å². The minimum Gasteiger partial charge on any atom is -1.00 e. The first-order valence-electron chi connectivity index (χ1n) is 0. The molecule has 0 unspecified atom stereocenters. The number of halogens is 4. The second kappa shape index (κ2) is 63.2. The molecule has 7 heavy (non-hydrogen) atoms. The molecule has 0 saturated carbocycles. The number of hydrogen-bond donors (Lipinski definition) is 0. The predicted molar refractivity (Wildman–Crippen MR) is 5.75 cm³/mol. The normalized spacial score (nSPS) is 0. The number of rotatable bonds is 0. The Kier molecular flexibility index (Phi) is 802. The van der Waals surface area contributed by atoms with Gasteiger partial charge in [0.2, 0.25) is 0 Å². The molecule has 0 N–H and O–H groups in total. The summed E-state index contributed by atoms with van der Waals surface area (Å²) in [5.41, 5.74) is 0. The molecule has 0 aliphatic rings. The van der Waals surface area contributed by atoms with Crippen molar-refractivity contribution in [3.8, 4) is 0 Å². The largest absolute Gasteiger partial charge is 4.00 e. The smallest absolute Gasteiger partial charge is 1.00 e. The summed E-state index contributed by atoms with van der Waals surface area (Å²) in [7, 11) is 0. The van der Waals surface area contributed by atoms with E-state index < -0.39 is 0 Å². The molecular formula is Cl4GeIrPt.